The van der Waals surface area contributed by atoms with E-state index in [-0.39, 0.29) is 30.6 Å². The highest BCUT2D eigenvalue weighted by Gasteiger charge is 2.72. The number of allylic oxidation sites excluding steroid dienone is 2. The zero-order valence-electron chi connectivity index (χ0n) is 57.0. The Morgan fingerprint density at radius 3 is 1.51 bits per heavy atom. The molecule has 0 aromatic heterocycles. The van der Waals surface area contributed by atoms with Crippen molar-refractivity contribution in [3.63, 3.8) is 0 Å². The molecule has 10 aliphatic rings. The molecule has 0 amide bonds. The highest BCUT2D eigenvalue weighted by atomic mass is 16.8. The molecule has 4 saturated carbocycles. The van der Waals surface area contributed by atoms with Crippen LogP contribution in [0.15, 0.2) is 11.6 Å². The third kappa shape index (κ3) is 14.0. The van der Waals surface area contributed by atoms with Crippen molar-refractivity contribution in [3.8, 4) is 0 Å². The first-order valence-electron chi connectivity index (χ1n) is 34.7. The number of carbonyl (C=O) groups is 1. The molecule has 40 atom stereocenters. The van der Waals surface area contributed by atoms with E-state index in [1.807, 2.05) is 26.8 Å². The number of carbonyl (C=O) groups excluding carboxylic acids is 1. The van der Waals surface area contributed by atoms with Gasteiger partial charge in [-0.2, -0.15) is 0 Å². The minimum Gasteiger partial charge on any atom is -0.431 e. The topological polar surface area (TPSA) is 512 Å². The predicted octanol–water partition coefficient (Wildman–Crippen LogP) is -4.97. The van der Waals surface area contributed by atoms with E-state index in [0.717, 1.165) is 5.57 Å². The molecular weight excluding hydrogens is 1300 g/mol. The predicted molar refractivity (Wildman–Crippen MR) is 329 cm³/mol. The van der Waals surface area contributed by atoms with Crippen molar-refractivity contribution in [2.75, 3.05) is 26.4 Å². The maximum Gasteiger partial charge on any atom is 0.340 e. The number of aliphatic hydroxyl groups is 19. The number of ether oxygens (including phenoxy) is 12. The number of esters is 1. The van der Waals surface area contributed by atoms with Gasteiger partial charge in [-0.1, -0.05) is 39.3 Å². The van der Waals surface area contributed by atoms with Crippen molar-refractivity contribution < 1.29 is 159 Å². The molecule has 566 valence electrons. The van der Waals surface area contributed by atoms with Gasteiger partial charge in [0.05, 0.1) is 50.8 Å². The van der Waals surface area contributed by atoms with E-state index in [1.165, 1.54) is 20.8 Å². The van der Waals surface area contributed by atoms with Crippen LogP contribution >= 0.6 is 0 Å². The Balaban J connectivity index is 0.913. The van der Waals surface area contributed by atoms with E-state index in [2.05, 4.69) is 20.8 Å². The fourth-order valence-electron chi connectivity index (χ4n) is 18.9. The van der Waals surface area contributed by atoms with Crippen LogP contribution in [-0.4, -0.2) is 325 Å². The third-order valence-corrected chi connectivity index (χ3v) is 25.1. The summed E-state index contributed by atoms with van der Waals surface area (Å²) in [5, 5.41) is 211. The highest BCUT2D eigenvalue weighted by molar-refractivity contribution is 5.80. The van der Waals surface area contributed by atoms with Gasteiger partial charge < -0.3 is 154 Å². The highest BCUT2D eigenvalue weighted by Crippen LogP contribution is 2.76. The first kappa shape index (κ1) is 78.6. The number of fused-ring (bicyclic) bond motifs is 5. The Bertz CT molecular complexity index is 2680. The van der Waals surface area contributed by atoms with E-state index >= 15 is 4.79 Å². The van der Waals surface area contributed by atoms with Gasteiger partial charge in [0.25, 0.3) is 0 Å². The van der Waals surface area contributed by atoms with Crippen LogP contribution in [0.5, 0.6) is 0 Å². The standard InChI is InChI=1S/C66H110O32/c1-25(2)11-10-17-66(86,61(85)98-59-53(96-58-51(84)46(79)40(73)31(21-67)91-58)47(80)41(74)33(93-59)23-87-55-48(81)43(76)37(70)26(3)88-55)30-14-19-64(8)29(30)12-13-35-62(6)18-16-36(63(7,24-69)34(62)15-20-65(35,64)9)94-60-54(97-57-50(83)45(78)39(72)28(5)90-57)52(42(75)32(22-68)92-60)95-56-49(82)44(77)38(71)27(4)89-56/h11,26-60,67-84,86H,10,12-24H2,1-9H3/t26-,27-,28-,29+,30-,31+,32+,33+,34+,35+,36-,37-,38-,39-,40+,41+,42+,43+,44+,45+,46-,47-,48+,49+,50+,51+,52-,53+,54+,55+,56-,57-,58-,59-,60-,62-,63+,64+,65+,66-/m0/s1. The first-order chi connectivity index (χ1) is 46.0. The van der Waals surface area contributed by atoms with Crippen LogP contribution in [0.25, 0.3) is 0 Å². The van der Waals surface area contributed by atoms with Crippen LogP contribution in [-0.2, 0) is 61.6 Å². The summed E-state index contributed by atoms with van der Waals surface area (Å²) in [6.45, 7) is 13.8. The average molecular weight is 1420 g/mol. The monoisotopic (exact) mass is 1410 g/mol. The van der Waals surface area contributed by atoms with Gasteiger partial charge in [0.1, 0.15) is 122 Å². The summed E-state index contributed by atoms with van der Waals surface area (Å²) in [5.74, 6) is -2.61. The van der Waals surface area contributed by atoms with Crippen molar-refractivity contribution in [3.05, 3.63) is 11.6 Å². The molecular formula is C66H110O32. The molecule has 10 rings (SSSR count). The molecule has 0 aromatic rings. The van der Waals surface area contributed by atoms with Crippen LogP contribution in [0.2, 0.25) is 0 Å². The summed E-state index contributed by atoms with van der Waals surface area (Å²) >= 11 is 0. The quantitative estimate of drug-likeness (QED) is 0.0308. The van der Waals surface area contributed by atoms with Gasteiger partial charge in [-0.25, -0.2) is 4.79 Å². The largest absolute Gasteiger partial charge is 0.431 e. The fraction of sp³-hybridized carbons (Fsp3) is 0.955. The van der Waals surface area contributed by atoms with Gasteiger partial charge in [0.15, 0.2) is 43.2 Å². The molecule has 6 heterocycles. The molecule has 32 nitrogen and oxygen atoms in total. The molecule has 6 saturated heterocycles. The molecule has 0 bridgehead atoms. The van der Waals surface area contributed by atoms with Crippen molar-refractivity contribution in [1.82, 2.24) is 0 Å². The van der Waals surface area contributed by atoms with Crippen LogP contribution in [0.1, 0.15) is 127 Å². The normalized spacial score (nSPS) is 53.6. The second kappa shape index (κ2) is 30.5. The Labute approximate surface area is 568 Å². The van der Waals surface area contributed by atoms with Gasteiger partial charge in [-0.05, 0) is 133 Å². The summed E-state index contributed by atoms with van der Waals surface area (Å²) in [5.41, 5.74) is -4.06. The molecule has 6 aliphatic heterocycles. The van der Waals surface area contributed by atoms with Gasteiger partial charge in [-0.15, -0.1) is 0 Å². The molecule has 98 heavy (non-hydrogen) atoms. The van der Waals surface area contributed by atoms with Gasteiger partial charge in [0.2, 0.25) is 6.29 Å². The van der Waals surface area contributed by atoms with Gasteiger partial charge in [0, 0.05) is 11.3 Å². The van der Waals surface area contributed by atoms with Crippen molar-refractivity contribution in [2.24, 2.45) is 45.3 Å². The minimum absolute atomic E-state index is 0.0356. The minimum atomic E-state index is -2.30. The van der Waals surface area contributed by atoms with E-state index in [9.17, 15) is 97.0 Å². The molecule has 10 fully saturated rings. The van der Waals surface area contributed by atoms with Crippen LogP contribution in [0, 0.1) is 45.3 Å². The summed E-state index contributed by atoms with van der Waals surface area (Å²) < 4.78 is 72.9. The second-order valence-electron chi connectivity index (χ2n) is 30.9. The van der Waals surface area contributed by atoms with Crippen molar-refractivity contribution in [2.45, 2.75) is 322 Å². The van der Waals surface area contributed by atoms with E-state index in [1.54, 1.807) is 0 Å². The summed E-state index contributed by atoms with van der Waals surface area (Å²) in [6, 6.07) is 0. The maximum absolute atomic E-state index is 15.5. The lowest BCUT2D eigenvalue weighted by Crippen LogP contribution is -2.68. The molecule has 0 unspecified atom stereocenters. The van der Waals surface area contributed by atoms with E-state index < -0.39 is 256 Å². The molecule has 0 aromatic carbocycles. The van der Waals surface area contributed by atoms with E-state index in [0.29, 0.717) is 51.4 Å². The third-order valence-electron chi connectivity index (χ3n) is 25.1. The Morgan fingerprint density at radius 2 is 0.949 bits per heavy atom. The summed E-state index contributed by atoms with van der Waals surface area (Å²) in [6.07, 6.45) is -46.0. The maximum atomic E-state index is 15.5. The fourth-order valence-corrected chi connectivity index (χ4v) is 18.9. The lowest BCUT2D eigenvalue weighted by Gasteiger charge is -2.70. The lowest BCUT2D eigenvalue weighted by atomic mass is 9.35. The van der Waals surface area contributed by atoms with Gasteiger partial charge in [-0.3, -0.25) is 0 Å². The van der Waals surface area contributed by atoms with Crippen LogP contribution in [0.4, 0.5) is 0 Å². The number of rotatable bonds is 20. The molecule has 4 aliphatic carbocycles. The van der Waals surface area contributed by atoms with Crippen LogP contribution in [0.3, 0.4) is 0 Å². The molecule has 0 spiro atoms. The zero-order valence-corrected chi connectivity index (χ0v) is 57.0. The number of hydrogen-bond donors (Lipinski definition) is 19. The zero-order chi connectivity index (χ0) is 72.0. The Morgan fingerprint density at radius 1 is 0.469 bits per heavy atom. The number of hydrogen-bond acceptors (Lipinski definition) is 32. The van der Waals surface area contributed by atoms with Crippen molar-refractivity contribution in [1.29, 1.82) is 0 Å². The number of aliphatic hydroxyl groups excluding tert-OH is 18. The van der Waals surface area contributed by atoms with Crippen LogP contribution < -0.4 is 0 Å². The molecule has 0 radical (unpaired) electrons. The summed E-state index contributed by atoms with van der Waals surface area (Å²) in [4.78, 5) is 15.5. The summed E-state index contributed by atoms with van der Waals surface area (Å²) in [7, 11) is 0. The Kier molecular flexibility index (Phi) is 24.4. The SMILES string of the molecule is CC(C)=CCC[C@@](O)(C(=O)O[C@@H]1O[C@H](CO[C@@H]2O[C@@H](C)[C@H](O)[C@@H](O)[C@H]2O)[C@@H](O)[C@H](O)[C@H]1O[C@@H]1O[C@H](CO)[C@@H](O)[C@H](O)[C@H]1O)[C@H]1CC[C@]2(C)[C@@H]1CC[C@@H]1[C@@]3(C)CC[C@H](O[C@@H]4O[C@H](CO)[C@@H](O)[C@H](O[C@@H]5O[C@@H](C)[C@H](O)[C@@H](O)[C@H]5O)[C@H]4O[C@@H]4O[C@@H](C)[C@H](O)[C@@H](O)[C@H]4O)[C@](C)(CO)[C@@H]3CC[C@]12C. The second-order valence-corrected chi connectivity index (χ2v) is 30.9. The first-order valence-corrected chi connectivity index (χ1v) is 34.7. The van der Waals surface area contributed by atoms with Crippen molar-refractivity contribution >= 4 is 5.97 Å². The lowest BCUT2D eigenvalue weighted by molar-refractivity contribution is -0.398. The molecule has 32 heteroatoms. The average Bonchev–Trinajstić information content (AvgIpc) is 1.32. The smallest absolute Gasteiger partial charge is 0.340 e. The molecule has 19 N–H and O–H groups in total. The van der Waals surface area contributed by atoms with E-state index in [4.69, 9.17) is 56.8 Å². The Hall–Kier alpha value is -1.99. The van der Waals surface area contributed by atoms with Gasteiger partial charge >= 0.3 is 5.97 Å².